The van der Waals surface area contributed by atoms with Crippen LogP contribution in [-0.4, -0.2) is 50.0 Å². The largest absolute Gasteiger partial charge is 0.378 e. The monoisotopic (exact) mass is 256 g/mol. The number of ether oxygens (including phenoxy) is 2. The van der Waals surface area contributed by atoms with Gasteiger partial charge in [-0.15, -0.1) is 0 Å². The fourth-order valence-corrected chi connectivity index (χ4v) is 2.62. The lowest BCUT2D eigenvalue weighted by Gasteiger charge is -2.36. The first-order chi connectivity index (χ1) is 8.55. The zero-order valence-electron chi connectivity index (χ0n) is 11.3. The van der Waals surface area contributed by atoms with Crippen molar-refractivity contribution in [3.63, 3.8) is 0 Å². The van der Waals surface area contributed by atoms with Crippen LogP contribution >= 0.6 is 0 Å². The molecule has 1 amide bonds. The molecule has 2 rings (SSSR count). The second-order valence-electron chi connectivity index (χ2n) is 5.80. The van der Waals surface area contributed by atoms with E-state index in [1.54, 1.807) is 0 Å². The van der Waals surface area contributed by atoms with Crippen molar-refractivity contribution in [1.82, 2.24) is 10.6 Å². The highest BCUT2D eigenvalue weighted by molar-refractivity contribution is 5.77. The van der Waals surface area contributed by atoms with Gasteiger partial charge in [-0.3, -0.25) is 4.79 Å². The maximum atomic E-state index is 11.9. The molecule has 104 valence electrons. The fraction of sp³-hybridized carbons (Fsp3) is 0.923. The van der Waals surface area contributed by atoms with E-state index in [1.165, 1.54) is 0 Å². The quantitative estimate of drug-likeness (QED) is 0.769. The molecule has 0 aromatic heterocycles. The Bertz CT molecular complexity index is 288. The molecule has 2 fully saturated rings. The Labute approximate surface area is 109 Å². The van der Waals surface area contributed by atoms with Gasteiger partial charge in [0.2, 0.25) is 5.91 Å². The van der Waals surface area contributed by atoms with Crippen LogP contribution in [0.25, 0.3) is 0 Å². The number of morpholine rings is 1. The maximum absolute atomic E-state index is 11.9. The van der Waals surface area contributed by atoms with Gasteiger partial charge in [-0.25, -0.2) is 0 Å². The van der Waals surface area contributed by atoms with Crippen LogP contribution in [-0.2, 0) is 14.3 Å². The molecule has 5 nitrogen and oxygen atoms in total. The first-order valence-electron chi connectivity index (χ1n) is 6.80. The summed E-state index contributed by atoms with van der Waals surface area (Å²) in [5.74, 6) is 0.112. The number of rotatable bonds is 3. The van der Waals surface area contributed by atoms with Crippen LogP contribution < -0.4 is 10.6 Å². The van der Waals surface area contributed by atoms with Gasteiger partial charge in [0.25, 0.3) is 0 Å². The maximum Gasteiger partial charge on any atom is 0.221 e. The third-order valence-electron chi connectivity index (χ3n) is 3.49. The van der Waals surface area contributed by atoms with Gasteiger partial charge < -0.3 is 20.1 Å². The summed E-state index contributed by atoms with van der Waals surface area (Å²) >= 11 is 0. The average molecular weight is 256 g/mol. The van der Waals surface area contributed by atoms with Gasteiger partial charge >= 0.3 is 0 Å². The summed E-state index contributed by atoms with van der Waals surface area (Å²) in [6, 6.07) is 0.400. The van der Waals surface area contributed by atoms with Crippen molar-refractivity contribution in [3.05, 3.63) is 0 Å². The molecule has 2 aliphatic rings. The second-order valence-corrected chi connectivity index (χ2v) is 5.80. The van der Waals surface area contributed by atoms with E-state index in [2.05, 4.69) is 24.5 Å². The van der Waals surface area contributed by atoms with Crippen molar-refractivity contribution in [2.45, 2.75) is 50.8 Å². The highest BCUT2D eigenvalue weighted by atomic mass is 16.5. The highest BCUT2D eigenvalue weighted by Crippen LogP contribution is 2.23. The van der Waals surface area contributed by atoms with E-state index < -0.39 is 0 Å². The molecule has 0 aromatic rings. The van der Waals surface area contributed by atoms with Gasteiger partial charge in [0.1, 0.15) is 0 Å². The van der Waals surface area contributed by atoms with Crippen molar-refractivity contribution in [1.29, 1.82) is 0 Å². The Morgan fingerprint density at radius 1 is 1.44 bits per heavy atom. The summed E-state index contributed by atoms with van der Waals surface area (Å²) in [5, 5.41) is 6.40. The van der Waals surface area contributed by atoms with E-state index in [-0.39, 0.29) is 23.6 Å². The van der Waals surface area contributed by atoms with Gasteiger partial charge in [0, 0.05) is 31.7 Å². The molecule has 0 radical (unpaired) electrons. The molecule has 2 atom stereocenters. The smallest absolute Gasteiger partial charge is 0.221 e. The van der Waals surface area contributed by atoms with E-state index in [0.29, 0.717) is 13.0 Å². The lowest BCUT2D eigenvalue weighted by Crippen LogP contribution is -2.49. The van der Waals surface area contributed by atoms with E-state index in [0.717, 1.165) is 32.6 Å². The summed E-state index contributed by atoms with van der Waals surface area (Å²) in [6.45, 7) is 7.08. The van der Waals surface area contributed by atoms with Crippen LogP contribution in [0.3, 0.4) is 0 Å². The first kappa shape index (κ1) is 13.8. The Balaban J connectivity index is 1.73. The SMILES string of the molecule is CC1(C)CC(NC(=O)CC2COCCN2)CCO1. The summed E-state index contributed by atoms with van der Waals surface area (Å²) in [7, 11) is 0. The van der Waals surface area contributed by atoms with E-state index in [4.69, 9.17) is 9.47 Å². The predicted octanol–water partition coefficient (Wildman–Crippen LogP) is 0.439. The molecule has 0 aliphatic carbocycles. The minimum atomic E-state index is -0.123. The van der Waals surface area contributed by atoms with Crippen LogP contribution in [0.4, 0.5) is 0 Å². The summed E-state index contributed by atoms with van der Waals surface area (Å²) in [4.78, 5) is 11.9. The summed E-state index contributed by atoms with van der Waals surface area (Å²) in [6.07, 6.45) is 2.29. The third kappa shape index (κ3) is 4.23. The molecule has 2 unspecified atom stereocenters. The van der Waals surface area contributed by atoms with Crippen LogP contribution in [0, 0.1) is 0 Å². The van der Waals surface area contributed by atoms with Crippen LogP contribution in [0.2, 0.25) is 0 Å². The molecular weight excluding hydrogens is 232 g/mol. The standard InChI is InChI=1S/C13H24N2O3/c1-13(2)8-10(3-5-18-13)15-12(16)7-11-9-17-6-4-14-11/h10-11,14H,3-9H2,1-2H3,(H,15,16). The minimum Gasteiger partial charge on any atom is -0.378 e. The van der Waals surface area contributed by atoms with E-state index in [1.807, 2.05) is 0 Å². The normalized spacial score (nSPS) is 31.9. The van der Waals surface area contributed by atoms with Gasteiger partial charge in [-0.1, -0.05) is 0 Å². The van der Waals surface area contributed by atoms with Crippen LogP contribution in [0.1, 0.15) is 33.1 Å². The van der Waals surface area contributed by atoms with Crippen LogP contribution in [0.15, 0.2) is 0 Å². The van der Waals surface area contributed by atoms with E-state index in [9.17, 15) is 4.79 Å². The number of carbonyl (C=O) groups excluding carboxylic acids is 1. The predicted molar refractivity (Wildman–Crippen MR) is 68.4 cm³/mol. The van der Waals surface area contributed by atoms with Crippen molar-refractivity contribution in [2.24, 2.45) is 0 Å². The molecule has 0 saturated carbocycles. The topological polar surface area (TPSA) is 59.6 Å². The van der Waals surface area contributed by atoms with Gasteiger partial charge in [-0.05, 0) is 26.7 Å². The van der Waals surface area contributed by atoms with Gasteiger partial charge in [-0.2, -0.15) is 0 Å². The third-order valence-corrected chi connectivity index (χ3v) is 3.49. The van der Waals surface area contributed by atoms with Crippen LogP contribution in [0.5, 0.6) is 0 Å². The Kier molecular flexibility index (Phi) is 4.59. The molecule has 0 aromatic carbocycles. The van der Waals surface area contributed by atoms with E-state index >= 15 is 0 Å². The number of hydrogen-bond donors (Lipinski definition) is 2. The van der Waals surface area contributed by atoms with Crippen molar-refractivity contribution in [2.75, 3.05) is 26.4 Å². The van der Waals surface area contributed by atoms with Crippen molar-refractivity contribution in [3.8, 4) is 0 Å². The Hall–Kier alpha value is -0.650. The number of carbonyl (C=O) groups is 1. The molecule has 2 aliphatic heterocycles. The number of hydrogen-bond acceptors (Lipinski definition) is 4. The molecule has 0 bridgehead atoms. The zero-order chi connectivity index (χ0) is 13.0. The lowest BCUT2D eigenvalue weighted by molar-refractivity contribution is -0.125. The summed E-state index contributed by atoms with van der Waals surface area (Å²) < 4.78 is 11.0. The Morgan fingerprint density at radius 3 is 2.94 bits per heavy atom. The molecule has 0 spiro atoms. The average Bonchev–Trinajstić information content (AvgIpc) is 2.28. The molecule has 2 N–H and O–H groups in total. The summed E-state index contributed by atoms with van der Waals surface area (Å²) in [5.41, 5.74) is -0.123. The van der Waals surface area contributed by atoms with Gasteiger partial charge in [0.05, 0.1) is 18.8 Å². The lowest BCUT2D eigenvalue weighted by atomic mass is 9.94. The molecule has 2 saturated heterocycles. The Morgan fingerprint density at radius 2 is 2.28 bits per heavy atom. The molecule has 18 heavy (non-hydrogen) atoms. The number of amides is 1. The molecule has 5 heteroatoms. The van der Waals surface area contributed by atoms with Gasteiger partial charge in [0.15, 0.2) is 0 Å². The molecular formula is C13H24N2O3. The second kappa shape index (κ2) is 5.99. The minimum absolute atomic E-state index is 0.112. The fourth-order valence-electron chi connectivity index (χ4n) is 2.62. The van der Waals surface area contributed by atoms with Crippen molar-refractivity contribution < 1.29 is 14.3 Å². The highest BCUT2D eigenvalue weighted by Gasteiger charge is 2.30. The van der Waals surface area contributed by atoms with Crippen molar-refractivity contribution >= 4 is 5.91 Å². The zero-order valence-corrected chi connectivity index (χ0v) is 11.3. The first-order valence-corrected chi connectivity index (χ1v) is 6.80. The number of nitrogens with one attached hydrogen (secondary N) is 2. The molecule has 2 heterocycles.